The molecule has 1 heterocycles. The number of rotatable bonds is 5. The Bertz CT molecular complexity index is 781. The van der Waals surface area contributed by atoms with Gasteiger partial charge >= 0.3 is 0 Å². The van der Waals surface area contributed by atoms with E-state index in [1.165, 1.54) is 19.6 Å². The van der Waals surface area contributed by atoms with E-state index < -0.39 is 5.82 Å². The van der Waals surface area contributed by atoms with Gasteiger partial charge in [0.2, 0.25) is 0 Å². The van der Waals surface area contributed by atoms with E-state index in [1.807, 2.05) is 14.0 Å². The van der Waals surface area contributed by atoms with Crippen LogP contribution in [0.15, 0.2) is 24.3 Å². The molecular weight excluding hydrogens is 333 g/mol. The lowest BCUT2D eigenvalue weighted by Crippen LogP contribution is -2.38. The van der Waals surface area contributed by atoms with Crippen LogP contribution in [0.1, 0.15) is 49.5 Å². The SMILES string of the molecule is CCn1nc(C(=O)N(C)C2CCCCC2)cc1-c1ccc(OC)cc1F. The summed E-state index contributed by atoms with van der Waals surface area (Å²) in [6.07, 6.45) is 5.64. The van der Waals surface area contributed by atoms with Gasteiger partial charge in [-0.15, -0.1) is 0 Å². The van der Waals surface area contributed by atoms with E-state index in [-0.39, 0.29) is 11.9 Å². The molecule has 0 unspecified atom stereocenters. The van der Waals surface area contributed by atoms with Gasteiger partial charge in [0.25, 0.3) is 5.91 Å². The van der Waals surface area contributed by atoms with Crippen molar-refractivity contribution in [3.63, 3.8) is 0 Å². The fraction of sp³-hybridized carbons (Fsp3) is 0.500. The Morgan fingerprint density at radius 3 is 2.65 bits per heavy atom. The van der Waals surface area contributed by atoms with E-state index in [1.54, 1.807) is 27.8 Å². The van der Waals surface area contributed by atoms with Gasteiger partial charge in [0.1, 0.15) is 11.6 Å². The number of aryl methyl sites for hydroxylation is 1. The predicted octanol–water partition coefficient (Wildman–Crippen LogP) is 4.12. The number of benzene rings is 1. The standard InChI is InChI=1S/C20H26FN3O2/c1-4-24-19(16-11-10-15(26-3)12-17(16)21)13-18(22-24)20(25)23(2)14-8-6-5-7-9-14/h10-14H,4-9H2,1-3H3. The second-order valence-electron chi connectivity index (χ2n) is 6.78. The molecule has 1 aromatic heterocycles. The lowest BCUT2D eigenvalue weighted by atomic mass is 9.94. The van der Waals surface area contributed by atoms with Crippen LogP contribution in [0, 0.1) is 5.82 Å². The molecule has 26 heavy (non-hydrogen) atoms. The van der Waals surface area contributed by atoms with Crippen LogP contribution in [-0.2, 0) is 6.54 Å². The highest BCUT2D eigenvalue weighted by molar-refractivity contribution is 5.93. The van der Waals surface area contributed by atoms with Crippen molar-refractivity contribution in [1.82, 2.24) is 14.7 Å². The Hall–Kier alpha value is -2.37. The van der Waals surface area contributed by atoms with Gasteiger partial charge in [-0.2, -0.15) is 5.10 Å². The molecule has 1 aliphatic carbocycles. The molecule has 1 aromatic carbocycles. The molecule has 1 amide bonds. The molecule has 140 valence electrons. The number of ether oxygens (including phenoxy) is 1. The fourth-order valence-electron chi connectivity index (χ4n) is 3.62. The maximum absolute atomic E-state index is 14.5. The molecule has 0 spiro atoms. The summed E-state index contributed by atoms with van der Waals surface area (Å²) in [7, 11) is 3.35. The van der Waals surface area contributed by atoms with Crippen molar-refractivity contribution in [2.45, 2.75) is 51.6 Å². The molecule has 6 heteroatoms. The number of nitrogens with zero attached hydrogens (tertiary/aromatic N) is 3. The van der Waals surface area contributed by atoms with Crippen molar-refractivity contribution in [2.75, 3.05) is 14.2 Å². The Labute approximate surface area is 153 Å². The number of carbonyl (C=O) groups excluding carboxylic acids is 1. The summed E-state index contributed by atoms with van der Waals surface area (Å²) in [5.41, 5.74) is 1.39. The minimum absolute atomic E-state index is 0.0979. The first-order chi connectivity index (χ1) is 12.5. The first-order valence-electron chi connectivity index (χ1n) is 9.24. The maximum atomic E-state index is 14.5. The second kappa shape index (κ2) is 7.89. The highest BCUT2D eigenvalue weighted by Gasteiger charge is 2.26. The summed E-state index contributed by atoms with van der Waals surface area (Å²) >= 11 is 0. The molecular formula is C20H26FN3O2. The van der Waals surface area contributed by atoms with Gasteiger partial charge in [-0.05, 0) is 38.0 Å². The molecule has 2 aromatic rings. The summed E-state index contributed by atoms with van der Waals surface area (Å²) in [6.45, 7) is 2.48. The Morgan fingerprint density at radius 2 is 2.04 bits per heavy atom. The smallest absolute Gasteiger partial charge is 0.274 e. The van der Waals surface area contributed by atoms with Crippen molar-refractivity contribution in [3.8, 4) is 17.0 Å². The number of methoxy groups -OCH3 is 1. The monoisotopic (exact) mass is 359 g/mol. The van der Waals surface area contributed by atoms with Gasteiger partial charge in [0.05, 0.1) is 12.8 Å². The summed E-state index contributed by atoms with van der Waals surface area (Å²) in [5.74, 6) is -0.0278. The van der Waals surface area contributed by atoms with Crippen LogP contribution in [0.25, 0.3) is 11.3 Å². The summed E-state index contributed by atoms with van der Waals surface area (Å²) in [4.78, 5) is 14.7. The normalized spacial score (nSPS) is 15.1. The molecule has 0 radical (unpaired) electrons. The zero-order chi connectivity index (χ0) is 18.7. The average molecular weight is 359 g/mol. The fourth-order valence-corrected chi connectivity index (χ4v) is 3.62. The van der Waals surface area contributed by atoms with Gasteiger partial charge in [-0.3, -0.25) is 9.48 Å². The lowest BCUT2D eigenvalue weighted by Gasteiger charge is -2.30. The first kappa shape index (κ1) is 18.4. The van der Waals surface area contributed by atoms with E-state index in [9.17, 15) is 9.18 Å². The maximum Gasteiger partial charge on any atom is 0.274 e. The predicted molar refractivity (Wildman–Crippen MR) is 98.8 cm³/mol. The van der Waals surface area contributed by atoms with Crippen molar-refractivity contribution in [3.05, 3.63) is 35.8 Å². The van der Waals surface area contributed by atoms with Crippen molar-refractivity contribution in [2.24, 2.45) is 0 Å². The van der Waals surface area contributed by atoms with Crippen LogP contribution in [0.2, 0.25) is 0 Å². The number of halogens is 1. The van der Waals surface area contributed by atoms with E-state index >= 15 is 0 Å². The molecule has 1 aliphatic rings. The van der Waals surface area contributed by atoms with Gasteiger partial charge in [0, 0.05) is 31.3 Å². The highest BCUT2D eigenvalue weighted by atomic mass is 19.1. The van der Waals surface area contributed by atoms with Crippen LogP contribution in [0.4, 0.5) is 4.39 Å². The van der Waals surface area contributed by atoms with Crippen LogP contribution < -0.4 is 4.74 Å². The summed E-state index contributed by atoms with van der Waals surface area (Å²) in [6, 6.07) is 6.68. The van der Waals surface area contributed by atoms with Gasteiger partial charge in [0.15, 0.2) is 5.69 Å². The van der Waals surface area contributed by atoms with Crippen molar-refractivity contribution >= 4 is 5.91 Å². The molecule has 0 aliphatic heterocycles. The van der Waals surface area contributed by atoms with E-state index in [0.717, 1.165) is 25.7 Å². The van der Waals surface area contributed by atoms with Gasteiger partial charge in [-0.1, -0.05) is 19.3 Å². The van der Waals surface area contributed by atoms with E-state index in [2.05, 4.69) is 5.10 Å². The van der Waals surface area contributed by atoms with Crippen molar-refractivity contribution < 1.29 is 13.9 Å². The Balaban J connectivity index is 1.90. The molecule has 1 saturated carbocycles. The summed E-state index contributed by atoms with van der Waals surface area (Å²) < 4.78 is 21.2. The van der Waals surface area contributed by atoms with Crippen LogP contribution in [0.3, 0.4) is 0 Å². The topological polar surface area (TPSA) is 47.4 Å². The third-order valence-electron chi connectivity index (χ3n) is 5.19. The summed E-state index contributed by atoms with van der Waals surface area (Å²) in [5, 5.41) is 4.43. The highest BCUT2D eigenvalue weighted by Crippen LogP contribution is 2.28. The van der Waals surface area contributed by atoms with E-state index in [4.69, 9.17) is 4.74 Å². The number of aromatic nitrogens is 2. The molecule has 0 saturated heterocycles. The Morgan fingerprint density at radius 1 is 1.31 bits per heavy atom. The zero-order valence-electron chi connectivity index (χ0n) is 15.7. The van der Waals surface area contributed by atoms with Crippen LogP contribution >= 0.6 is 0 Å². The van der Waals surface area contributed by atoms with Gasteiger partial charge < -0.3 is 9.64 Å². The molecule has 5 nitrogen and oxygen atoms in total. The molecule has 0 atom stereocenters. The number of hydrogen-bond donors (Lipinski definition) is 0. The van der Waals surface area contributed by atoms with Gasteiger partial charge in [-0.25, -0.2) is 4.39 Å². The molecule has 0 bridgehead atoms. The second-order valence-corrected chi connectivity index (χ2v) is 6.78. The number of carbonyl (C=O) groups is 1. The zero-order valence-corrected chi connectivity index (χ0v) is 15.7. The lowest BCUT2D eigenvalue weighted by molar-refractivity contribution is 0.0689. The minimum Gasteiger partial charge on any atom is -0.497 e. The molecule has 0 N–H and O–H groups in total. The van der Waals surface area contributed by atoms with Crippen LogP contribution in [-0.4, -0.2) is 40.8 Å². The third kappa shape index (κ3) is 3.59. The number of hydrogen-bond acceptors (Lipinski definition) is 3. The average Bonchev–Trinajstić information content (AvgIpc) is 3.11. The van der Waals surface area contributed by atoms with Crippen LogP contribution in [0.5, 0.6) is 5.75 Å². The number of amides is 1. The molecule has 3 rings (SSSR count). The largest absolute Gasteiger partial charge is 0.497 e. The third-order valence-corrected chi connectivity index (χ3v) is 5.19. The molecule has 1 fully saturated rings. The minimum atomic E-state index is -0.390. The first-order valence-corrected chi connectivity index (χ1v) is 9.24. The van der Waals surface area contributed by atoms with E-state index in [0.29, 0.717) is 29.2 Å². The van der Waals surface area contributed by atoms with Crippen molar-refractivity contribution in [1.29, 1.82) is 0 Å². The Kier molecular flexibility index (Phi) is 5.59. The quantitative estimate of drug-likeness (QED) is 0.807.